The molecule has 0 heterocycles. The summed E-state index contributed by atoms with van der Waals surface area (Å²) in [5.41, 5.74) is 1.12. The molecule has 0 N–H and O–H groups in total. The zero-order chi connectivity index (χ0) is 12.4. The largest absolute Gasteiger partial charge is 0.497 e. The lowest BCUT2D eigenvalue weighted by molar-refractivity contribution is -0.131. The fraction of sp³-hybridized carbons (Fsp3) is 0.500. The van der Waals surface area contributed by atoms with Crippen LogP contribution >= 0.6 is 0 Å². The van der Waals surface area contributed by atoms with Crippen LogP contribution in [0.4, 0.5) is 0 Å². The van der Waals surface area contributed by atoms with Gasteiger partial charge in [0.05, 0.1) is 14.2 Å². The molecule has 0 aromatic heterocycles. The zero-order valence-electron chi connectivity index (χ0n) is 10.5. The minimum absolute atomic E-state index is 0.164. The van der Waals surface area contributed by atoms with Crippen LogP contribution in [0.25, 0.3) is 0 Å². The summed E-state index contributed by atoms with van der Waals surface area (Å²) in [6.07, 6.45) is 1.54. The molecule has 1 aromatic rings. The topological polar surface area (TPSA) is 35.5 Å². The Kier molecular flexibility index (Phi) is 3.36. The maximum atomic E-state index is 11.5. The third kappa shape index (κ3) is 2.02. The number of ether oxygens (including phenoxy) is 2. The van der Waals surface area contributed by atoms with Crippen molar-refractivity contribution in [3.63, 3.8) is 0 Å². The van der Waals surface area contributed by atoms with Gasteiger partial charge in [-0.05, 0) is 18.1 Å². The summed E-state index contributed by atoms with van der Waals surface area (Å²) < 4.78 is 10.6. The molecular formula is C14H18O3. The smallest absolute Gasteiger partial charge is 0.137 e. The van der Waals surface area contributed by atoms with Crippen molar-refractivity contribution in [3.8, 4) is 11.5 Å². The van der Waals surface area contributed by atoms with Gasteiger partial charge in [-0.15, -0.1) is 0 Å². The summed E-state index contributed by atoms with van der Waals surface area (Å²) in [6.45, 7) is 2.06. The van der Waals surface area contributed by atoms with E-state index in [1.807, 2.05) is 18.2 Å². The molecule has 3 nitrogen and oxygen atoms in total. The summed E-state index contributed by atoms with van der Waals surface area (Å²) in [7, 11) is 3.29. The lowest BCUT2D eigenvalue weighted by Gasteiger charge is -2.35. The van der Waals surface area contributed by atoms with Gasteiger partial charge >= 0.3 is 0 Å². The van der Waals surface area contributed by atoms with Crippen LogP contribution in [0, 0.1) is 5.92 Å². The molecule has 2 atom stereocenters. The molecule has 92 valence electrons. The predicted octanol–water partition coefficient (Wildman–Crippen LogP) is 2.79. The number of carbonyl (C=O) groups is 1. The van der Waals surface area contributed by atoms with E-state index in [2.05, 4.69) is 6.92 Å². The highest BCUT2D eigenvalue weighted by atomic mass is 16.5. The van der Waals surface area contributed by atoms with Crippen LogP contribution in [0.5, 0.6) is 11.5 Å². The van der Waals surface area contributed by atoms with E-state index in [1.54, 1.807) is 14.2 Å². The SMILES string of the molecule is CCC1C(=O)CC1c1ccc(OC)cc1OC. The van der Waals surface area contributed by atoms with Gasteiger partial charge in [0.1, 0.15) is 17.3 Å². The van der Waals surface area contributed by atoms with Gasteiger partial charge in [0.15, 0.2) is 0 Å². The Bertz CT molecular complexity index is 425. The molecule has 0 amide bonds. The second-order valence-corrected chi connectivity index (χ2v) is 4.40. The van der Waals surface area contributed by atoms with Gasteiger partial charge in [-0.2, -0.15) is 0 Å². The number of benzene rings is 1. The van der Waals surface area contributed by atoms with Crippen molar-refractivity contribution >= 4 is 5.78 Å². The second kappa shape index (κ2) is 4.78. The first-order chi connectivity index (χ1) is 8.21. The molecule has 3 heteroatoms. The number of Topliss-reactive ketones (excluding diaryl/α,β-unsaturated/α-hetero) is 1. The third-order valence-corrected chi connectivity index (χ3v) is 3.60. The molecule has 1 aliphatic rings. The van der Waals surface area contributed by atoms with Crippen molar-refractivity contribution in [2.45, 2.75) is 25.7 Å². The van der Waals surface area contributed by atoms with Crippen molar-refractivity contribution in [2.75, 3.05) is 14.2 Å². The molecule has 0 radical (unpaired) electrons. The molecule has 0 bridgehead atoms. The van der Waals surface area contributed by atoms with E-state index in [0.717, 1.165) is 23.5 Å². The van der Waals surface area contributed by atoms with E-state index in [-0.39, 0.29) is 5.92 Å². The average molecular weight is 234 g/mol. The van der Waals surface area contributed by atoms with E-state index < -0.39 is 0 Å². The second-order valence-electron chi connectivity index (χ2n) is 4.40. The van der Waals surface area contributed by atoms with Crippen molar-refractivity contribution in [2.24, 2.45) is 5.92 Å². The van der Waals surface area contributed by atoms with Gasteiger partial charge in [0.2, 0.25) is 0 Å². The van der Waals surface area contributed by atoms with Crippen LogP contribution in [-0.2, 0) is 4.79 Å². The molecule has 2 rings (SSSR count). The predicted molar refractivity (Wildman–Crippen MR) is 65.7 cm³/mol. The number of hydrogen-bond acceptors (Lipinski definition) is 3. The number of carbonyl (C=O) groups excluding carboxylic acids is 1. The first kappa shape index (κ1) is 12.0. The average Bonchev–Trinajstić information content (AvgIpc) is 2.35. The zero-order valence-corrected chi connectivity index (χ0v) is 10.5. The summed E-state index contributed by atoms with van der Waals surface area (Å²) >= 11 is 0. The quantitative estimate of drug-likeness (QED) is 0.803. The van der Waals surface area contributed by atoms with Crippen LogP contribution in [0.2, 0.25) is 0 Å². The first-order valence-corrected chi connectivity index (χ1v) is 5.95. The van der Waals surface area contributed by atoms with Crippen LogP contribution < -0.4 is 9.47 Å². The molecule has 2 unspecified atom stereocenters. The van der Waals surface area contributed by atoms with Crippen molar-refractivity contribution < 1.29 is 14.3 Å². The van der Waals surface area contributed by atoms with E-state index in [4.69, 9.17) is 9.47 Å². The molecule has 17 heavy (non-hydrogen) atoms. The van der Waals surface area contributed by atoms with Crippen LogP contribution in [0.1, 0.15) is 31.2 Å². The first-order valence-electron chi connectivity index (χ1n) is 5.95. The minimum Gasteiger partial charge on any atom is -0.497 e. The summed E-state index contributed by atoms with van der Waals surface area (Å²) in [5, 5.41) is 0. The fourth-order valence-electron chi connectivity index (χ4n) is 2.54. The van der Waals surface area contributed by atoms with E-state index in [9.17, 15) is 4.79 Å². The molecule has 0 spiro atoms. The molecule has 1 saturated carbocycles. The molecule has 1 aromatic carbocycles. The minimum atomic E-state index is 0.164. The van der Waals surface area contributed by atoms with Crippen LogP contribution in [0.15, 0.2) is 18.2 Å². The number of methoxy groups -OCH3 is 2. The maximum absolute atomic E-state index is 11.5. The molecule has 1 fully saturated rings. The molecule has 1 aliphatic carbocycles. The lowest BCUT2D eigenvalue weighted by atomic mass is 9.67. The Balaban J connectivity index is 2.29. The third-order valence-electron chi connectivity index (χ3n) is 3.60. The van der Waals surface area contributed by atoms with Gasteiger partial charge in [0, 0.05) is 24.3 Å². The van der Waals surface area contributed by atoms with Gasteiger partial charge in [-0.25, -0.2) is 0 Å². The van der Waals surface area contributed by atoms with E-state index >= 15 is 0 Å². The summed E-state index contributed by atoms with van der Waals surface area (Å²) in [5.74, 6) is 2.45. The molecule has 0 aliphatic heterocycles. The molecule has 0 saturated heterocycles. The highest BCUT2D eigenvalue weighted by Gasteiger charge is 2.40. The van der Waals surface area contributed by atoms with Crippen molar-refractivity contribution in [1.29, 1.82) is 0 Å². The highest BCUT2D eigenvalue weighted by Crippen LogP contribution is 2.45. The fourth-order valence-corrected chi connectivity index (χ4v) is 2.54. The normalized spacial score (nSPS) is 23.1. The Morgan fingerprint density at radius 1 is 1.29 bits per heavy atom. The van der Waals surface area contributed by atoms with Gasteiger partial charge in [-0.3, -0.25) is 4.79 Å². The number of hydrogen-bond donors (Lipinski definition) is 0. The van der Waals surface area contributed by atoms with E-state index in [0.29, 0.717) is 18.1 Å². The Hall–Kier alpha value is -1.51. The van der Waals surface area contributed by atoms with Crippen molar-refractivity contribution in [3.05, 3.63) is 23.8 Å². The Labute approximate surface area is 102 Å². The monoisotopic (exact) mass is 234 g/mol. The van der Waals surface area contributed by atoms with Crippen LogP contribution in [0.3, 0.4) is 0 Å². The van der Waals surface area contributed by atoms with E-state index in [1.165, 1.54) is 0 Å². The number of ketones is 1. The lowest BCUT2D eigenvalue weighted by Crippen LogP contribution is -2.34. The maximum Gasteiger partial charge on any atom is 0.137 e. The standard InChI is InChI=1S/C14H18O3/c1-4-10-12(8-13(10)15)11-6-5-9(16-2)7-14(11)17-3/h5-7,10,12H,4,8H2,1-3H3. The Morgan fingerprint density at radius 3 is 2.59 bits per heavy atom. The molecular weight excluding hydrogens is 216 g/mol. The summed E-state index contributed by atoms with van der Waals surface area (Å²) in [4.78, 5) is 11.5. The highest BCUT2D eigenvalue weighted by molar-refractivity contribution is 5.89. The van der Waals surface area contributed by atoms with Gasteiger partial charge in [-0.1, -0.05) is 13.0 Å². The number of rotatable bonds is 4. The van der Waals surface area contributed by atoms with Gasteiger partial charge < -0.3 is 9.47 Å². The van der Waals surface area contributed by atoms with Gasteiger partial charge in [0.25, 0.3) is 0 Å². The van der Waals surface area contributed by atoms with Crippen LogP contribution in [-0.4, -0.2) is 20.0 Å². The summed E-state index contributed by atoms with van der Waals surface area (Å²) in [6, 6.07) is 5.82. The van der Waals surface area contributed by atoms with Crippen molar-refractivity contribution in [1.82, 2.24) is 0 Å². The Morgan fingerprint density at radius 2 is 2.06 bits per heavy atom.